The minimum absolute atomic E-state index is 0.0361. The normalized spacial score (nSPS) is 13.5. The molecule has 0 fully saturated rings. The number of sulfonamides is 1. The molecule has 0 aliphatic carbocycles. The van der Waals surface area contributed by atoms with Crippen molar-refractivity contribution in [3.63, 3.8) is 0 Å². The fourth-order valence-corrected chi connectivity index (χ4v) is 4.43. The smallest absolute Gasteiger partial charge is 0.251 e. The quantitative estimate of drug-likeness (QED) is 0.749. The third kappa shape index (κ3) is 4.10. The number of rotatable bonds is 5. The average molecular weight is 455 g/mol. The van der Waals surface area contributed by atoms with Crippen LogP contribution in [0.1, 0.15) is 15.9 Å². The van der Waals surface area contributed by atoms with Gasteiger partial charge in [0.1, 0.15) is 13.2 Å². The fourth-order valence-electron chi connectivity index (χ4n) is 2.59. The van der Waals surface area contributed by atoms with E-state index in [-0.39, 0.29) is 22.9 Å². The average Bonchev–Trinajstić information content (AvgIpc) is 2.66. The van der Waals surface area contributed by atoms with Crippen molar-refractivity contribution in [2.45, 2.75) is 11.4 Å². The summed E-state index contributed by atoms with van der Waals surface area (Å²) in [6, 6.07) is 9.95. The maximum absolute atomic E-state index is 12.5. The molecule has 0 atom stereocenters. The zero-order valence-corrected chi connectivity index (χ0v) is 17.3. The largest absolute Gasteiger partial charge is 0.486 e. The van der Waals surface area contributed by atoms with E-state index in [0.717, 1.165) is 9.87 Å². The molecule has 0 saturated carbocycles. The van der Waals surface area contributed by atoms with Crippen LogP contribution in [-0.2, 0) is 16.6 Å². The number of carbonyl (C=O) groups is 1. The van der Waals surface area contributed by atoms with Gasteiger partial charge in [-0.3, -0.25) is 4.79 Å². The molecule has 2 aromatic carbocycles. The summed E-state index contributed by atoms with van der Waals surface area (Å²) in [7, 11) is -0.794. The van der Waals surface area contributed by atoms with Gasteiger partial charge in [0.25, 0.3) is 5.91 Å². The Balaban J connectivity index is 1.80. The highest BCUT2D eigenvalue weighted by molar-refractivity contribution is 9.10. The van der Waals surface area contributed by atoms with Crippen LogP contribution in [-0.4, -0.2) is 45.9 Å². The number of fused-ring (bicyclic) bond motifs is 1. The maximum Gasteiger partial charge on any atom is 0.251 e. The van der Waals surface area contributed by atoms with Crippen molar-refractivity contribution in [1.29, 1.82) is 0 Å². The molecule has 9 heteroatoms. The topological polar surface area (TPSA) is 84.9 Å². The van der Waals surface area contributed by atoms with Crippen LogP contribution in [0.15, 0.2) is 45.8 Å². The second-order valence-corrected chi connectivity index (χ2v) is 9.03. The van der Waals surface area contributed by atoms with Gasteiger partial charge in [0.15, 0.2) is 11.5 Å². The van der Waals surface area contributed by atoms with Crippen LogP contribution < -0.4 is 14.8 Å². The number of hydrogen-bond acceptors (Lipinski definition) is 5. The predicted octanol–water partition coefficient (Wildman–Crippen LogP) is 2.40. The summed E-state index contributed by atoms with van der Waals surface area (Å²) in [5, 5.41) is 2.79. The minimum atomic E-state index is -3.67. The van der Waals surface area contributed by atoms with E-state index < -0.39 is 10.0 Å². The van der Waals surface area contributed by atoms with E-state index in [1.165, 1.54) is 20.2 Å². The Morgan fingerprint density at radius 2 is 1.93 bits per heavy atom. The Kier molecular flexibility index (Phi) is 5.73. The molecule has 2 aromatic rings. The van der Waals surface area contributed by atoms with Crippen molar-refractivity contribution in [1.82, 2.24) is 9.62 Å². The van der Waals surface area contributed by atoms with E-state index in [1.807, 2.05) is 18.2 Å². The van der Waals surface area contributed by atoms with Crippen molar-refractivity contribution < 1.29 is 22.7 Å². The number of ether oxygens (including phenoxy) is 2. The number of nitrogens with zero attached hydrogens (tertiary/aromatic N) is 1. The van der Waals surface area contributed by atoms with E-state index in [1.54, 1.807) is 12.1 Å². The molecule has 0 saturated heterocycles. The van der Waals surface area contributed by atoms with Crippen molar-refractivity contribution in [2.24, 2.45) is 0 Å². The molecule has 1 N–H and O–H groups in total. The minimum Gasteiger partial charge on any atom is -0.486 e. The summed E-state index contributed by atoms with van der Waals surface area (Å²) in [6.07, 6.45) is 0. The number of halogens is 1. The van der Waals surface area contributed by atoms with Crippen LogP contribution in [0.5, 0.6) is 11.5 Å². The highest BCUT2D eigenvalue weighted by Gasteiger charge is 2.22. The van der Waals surface area contributed by atoms with Gasteiger partial charge in [-0.1, -0.05) is 12.1 Å². The van der Waals surface area contributed by atoms with Gasteiger partial charge in [-0.25, -0.2) is 12.7 Å². The van der Waals surface area contributed by atoms with Gasteiger partial charge in [-0.2, -0.15) is 0 Å². The Bertz CT molecular complexity index is 976. The zero-order valence-electron chi connectivity index (χ0n) is 14.9. The number of hydrogen-bond donors (Lipinski definition) is 1. The van der Waals surface area contributed by atoms with Crippen molar-refractivity contribution in [3.8, 4) is 11.5 Å². The second-order valence-electron chi connectivity index (χ2n) is 6.06. The summed E-state index contributed by atoms with van der Waals surface area (Å²) in [5.74, 6) is 0.888. The summed E-state index contributed by atoms with van der Waals surface area (Å²) in [6.45, 7) is 1.18. The molecule has 0 spiro atoms. The molecule has 1 aliphatic heterocycles. The Morgan fingerprint density at radius 3 is 2.67 bits per heavy atom. The van der Waals surface area contributed by atoms with E-state index in [0.29, 0.717) is 29.2 Å². The van der Waals surface area contributed by atoms with Crippen molar-refractivity contribution >= 4 is 31.9 Å². The Hall–Kier alpha value is -2.10. The lowest BCUT2D eigenvalue weighted by atomic mass is 10.1. The molecule has 1 amide bonds. The van der Waals surface area contributed by atoms with Crippen LogP contribution in [0.3, 0.4) is 0 Å². The van der Waals surface area contributed by atoms with Crippen LogP contribution in [0.4, 0.5) is 0 Å². The van der Waals surface area contributed by atoms with Gasteiger partial charge in [-0.05, 0) is 40.2 Å². The molecule has 0 bridgehead atoms. The van der Waals surface area contributed by atoms with Gasteiger partial charge < -0.3 is 14.8 Å². The van der Waals surface area contributed by atoms with Gasteiger partial charge in [0.2, 0.25) is 10.0 Å². The Morgan fingerprint density at radius 1 is 1.19 bits per heavy atom. The number of benzene rings is 2. The van der Waals surface area contributed by atoms with E-state index in [2.05, 4.69) is 21.2 Å². The van der Waals surface area contributed by atoms with E-state index in [9.17, 15) is 13.2 Å². The first-order valence-electron chi connectivity index (χ1n) is 8.18. The number of amides is 1. The molecule has 27 heavy (non-hydrogen) atoms. The molecule has 0 aromatic heterocycles. The highest BCUT2D eigenvalue weighted by atomic mass is 79.9. The van der Waals surface area contributed by atoms with Gasteiger partial charge in [0.05, 0.1) is 4.90 Å². The molecular formula is C18H19BrN2O5S. The molecule has 3 rings (SSSR count). The van der Waals surface area contributed by atoms with E-state index in [4.69, 9.17) is 9.47 Å². The van der Waals surface area contributed by atoms with Crippen LogP contribution >= 0.6 is 15.9 Å². The summed E-state index contributed by atoms with van der Waals surface area (Å²) in [5.41, 5.74) is 1.04. The van der Waals surface area contributed by atoms with Crippen molar-refractivity contribution in [3.05, 3.63) is 52.0 Å². The van der Waals surface area contributed by atoms with Gasteiger partial charge in [-0.15, -0.1) is 0 Å². The molecular weight excluding hydrogens is 436 g/mol. The molecule has 144 valence electrons. The fraction of sp³-hybridized carbons (Fsp3) is 0.278. The number of para-hydroxylation sites is 1. The summed E-state index contributed by atoms with van der Waals surface area (Å²) in [4.78, 5) is 12.6. The standard InChI is InChI=1S/C18H19BrN2O5S/c1-21(2)27(23,24)16-10-12(6-7-14(16)19)18(22)20-11-13-4-3-5-15-17(13)26-9-8-25-15/h3-7,10H,8-9,11H2,1-2H3,(H,20,22). The number of carbonyl (C=O) groups excluding carboxylic acids is 1. The lowest BCUT2D eigenvalue weighted by Crippen LogP contribution is -2.26. The third-order valence-electron chi connectivity index (χ3n) is 4.04. The lowest BCUT2D eigenvalue weighted by Gasteiger charge is -2.21. The first-order valence-corrected chi connectivity index (χ1v) is 10.4. The SMILES string of the molecule is CN(C)S(=O)(=O)c1cc(C(=O)NCc2cccc3c2OCCO3)ccc1Br. The first kappa shape index (κ1) is 19.7. The predicted molar refractivity (Wildman–Crippen MR) is 104 cm³/mol. The highest BCUT2D eigenvalue weighted by Crippen LogP contribution is 2.33. The number of nitrogens with one attached hydrogen (secondary N) is 1. The monoisotopic (exact) mass is 454 g/mol. The third-order valence-corrected chi connectivity index (χ3v) is 6.85. The van der Waals surface area contributed by atoms with Crippen LogP contribution in [0.25, 0.3) is 0 Å². The summed E-state index contributed by atoms with van der Waals surface area (Å²) >= 11 is 3.23. The van der Waals surface area contributed by atoms with Crippen LogP contribution in [0.2, 0.25) is 0 Å². The van der Waals surface area contributed by atoms with Crippen LogP contribution in [0, 0.1) is 0 Å². The molecule has 7 nitrogen and oxygen atoms in total. The summed E-state index contributed by atoms with van der Waals surface area (Å²) < 4.78 is 37.5. The zero-order chi connectivity index (χ0) is 19.6. The second kappa shape index (κ2) is 7.87. The van der Waals surface area contributed by atoms with Gasteiger partial charge >= 0.3 is 0 Å². The molecule has 0 radical (unpaired) electrons. The molecule has 1 aliphatic rings. The first-order chi connectivity index (χ1) is 12.8. The maximum atomic E-state index is 12.5. The van der Waals surface area contributed by atoms with E-state index >= 15 is 0 Å². The molecule has 0 unspecified atom stereocenters. The lowest BCUT2D eigenvalue weighted by molar-refractivity contribution is 0.0949. The van der Waals surface area contributed by atoms with Gasteiger partial charge in [0, 0.05) is 36.2 Å². The van der Waals surface area contributed by atoms with Crippen molar-refractivity contribution in [2.75, 3.05) is 27.3 Å². The Labute approximate surface area is 166 Å². The molecule has 1 heterocycles.